The first-order valence-electron chi connectivity index (χ1n) is 10.8. The van der Waals surface area contributed by atoms with Crippen LogP contribution in [0.5, 0.6) is 0 Å². The Morgan fingerprint density at radius 2 is 1.93 bits per heavy atom. The van der Waals surface area contributed by atoms with E-state index < -0.39 is 0 Å². The number of aromatic nitrogens is 2. The van der Waals surface area contributed by atoms with Gasteiger partial charge in [0, 0.05) is 41.8 Å². The number of nitrogens with one attached hydrogen (secondary N) is 1. The topological polar surface area (TPSA) is 61.3 Å². The van der Waals surface area contributed by atoms with Gasteiger partial charge in [0.1, 0.15) is 5.82 Å². The van der Waals surface area contributed by atoms with E-state index in [2.05, 4.69) is 32.3 Å². The highest BCUT2D eigenvalue weighted by Gasteiger charge is 2.41. The zero-order valence-electron chi connectivity index (χ0n) is 16.3. The van der Waals surface area contributed by atoms with Crippen LogP contribution in [0, 0.1) is 11.8 Å². The molecule has 3 heterocycles. The van der Waals surface area contributed by atoms with Gasteiger partial charge in [-0.2, -0.15) is 0 Å². The lowest BCUT2D eigenvalue weighted by molar-refractivity contribution is 0.0735. The second-order valence-corrected chi connectivity index (χ2v) is 10.1. The summed E-state index contributed by atoms with van der Waals surface area (Å²) in [6.45, 7) is 3.34. The number of nitrogens with zero attached hydrogens (tertiary/aromatic N) is 3. The van der Waals surface area contributed by atoms with Crippen molar-refractivity contribution in [2.75, 3.05) is 18.4 Å². The van der Waals surface area contributed by atoms with Gasteiger partial charge >= 0.3 is 0 Å². The zero-order valence-corrected chi connectivity index (χ0v) is 17.2. The van der Waals surface area contributed by atoms with E-state index >= 15 is 0 Å². The maximum atomic E-state index is 10.7. The SMILES string of the molecule is O[C@@H]1C[C@H]2CN(Cc3ccc(C4CCCC4)s3)C[C@H]2C[C@H]1Nc1cnccn1. The maximum Gasteiger partial charge on any atom is 0.144 e. The van der Waals surface area contributed by atoms with Gasteiger partial charge in [0.25, 0.3) is 0 Å². The van der Waals surface area contributed by atoms with Crippen LogP contribution in [0.25, 0.3) is 0 Å². The molecule has 2 saturated carbocycles. The second-order valence-electron chi connectivity index (χ2n) is 8.88. The molecule has 2 aliphatic carbocycles. The van der Waals surface area contributed by atoms with Gasteiger partial charge in [0.2, 0.25) is 0 Å². The summed E-state index contributed by atoms with van der Waals surface area (Å²) in [4.78, 5) is 14.1. The van der Waals surface area contributed by atoms with Gasteiger partial charge in [-0.05, 0) is 55.6 Å². The minimum atomic E-state index is -0.307. The van der Waals surface area contributed by atoms with E-state index in [0.29, 0.717) is 11.8 Å². The average Bonchev–Trinajstić information content (AvgIpc) is 3.43. The third-order valence-electron chi connectivity index (χ3n) is 6.93. The number of rotatable bonds is 5. The number of thiophene rings is 1. The molecule has 0 amide bonds. The fraction of sp³-hybridized carbons (Fsp3) is 0.636. The van der Waals surface area contributed by atoms with Crippen LogP contribution in [-0.4, -0.2) is 45.2 Å². The van der Waals surface area contributed by atoms with Gasteiger partial charge in [-0.3, -0.25) is 9.88 Å². The van der Waals surface area contributed by atoms with Crippen LogP contribution in [0.2, 0.25) is 0 Å². The summed E-state index contributed by atoms with van der Waals surface area (Å²) in [7, 11) is 0. The van der Waals surface area contributed by atoms with Crippen molar-refractivity contribution < 1.29 is 5.11 Å². The Kier molecular flexibility index (Phi) is 5.35. The molecule has 0 radical (unpaired) electrons. The number of likely N-dealkylation sites (tertiary alicyclic amines) is 1. The molecule has 28 heavy (non-hydrogen) atoms. The Morgan fingerprint density at radius 3 is 2.71 bits per heavy atom. The third kappa shape index (κ3) is 3.95. The monoisotopic (exact) mass is 398 g/mol. The molecule has 2 aromatic heterocycles. The highest BCUT2D eigenvalue weighted by Crippen LogP contribution is 2.40. The number of fused-ring (bicyclic) bond motifs is 1. The van der Waals surface area contributed by atoms with Crippen LogP contribution in [0.4, 0.5) is 5.82 Å². The van der Waals surface area contributed by atoms with Gasteiger partial charge in [0.05, 0.1) is 18.3 Å². The van der Waals surface area contributed by atoms with E-state index in [1.165, 1.54) is 30.6 Å². The van der Waals surface area contributed by atoms with E-state index in [-0.39, 0.29) is 12.1 Å². The fourth-order valence-corrected chi connectivity index (χ4v) is 6.73. The Morgan fingerprint density at radius 1 is 1.11 bits per heavy atom. The van der Waals surface area contributed by atoms with E-state index in [0.717, 1.165) is 44.2 Å². The fourth-order valence-electron chi connectivity index (χ4n) is 5.51. The standard InChI is InChI=1S/C22H30N4OS/c27-20-10-17-13-26(14-18-5-6-21(28-18)15-3-1-2-4-15)12-16(17)9-19(20)25-22-11-23-7-8-24-22/h5-8,11,15-17,19-20,27H,1-4,9-10,12-14H2,(H,24,25)/t16-,17+,19-,20-/m1/s1. The van der Waals surface area contributed by atoms with Crippen molar-refractivity contribution in [1.82, 2.24) is 14.9 Å². The van der Waals surface area contributed by atoms with Crippen molar-refractivity contribution in [2.45, 2.75) is 63.1 Å². The molecule has 4 atom stereocenters. The molecule has 2 aromatic rings. The number of hydrogen-bond acceptors (Lipinski definition) is 6. The summed E-state index contributed by atoms with van der Waals surface area (Å²) < 4.78 is 0. The summed E-state index contributed by atoms with van der Waals surface area (Å²) in [6.07, 6.45) is 12.3. The predicted molar refractivity (Wildman–Crippen MR) is 112 cm³/mol. The Labute approximate surface area is 171 Å². The molecule has 1 aliphatic heterocycles. The van der Waals surface area contributed by atoms with Crippen LogP contribution >= 0.6 is 11.3 Å². The van der Waals surface area contributed by atoms with Crippen molar-refractivity contribution >= 4 is 17.2 Å². The lowest BCUT2D eigenvalue weighted by Gasteiger charge is -2.35. The summed E-state index contributed by atoms with van der Waals surface area (Å²) in [5.41, 5.74) is 0. The lowest BCUT2D eigenvalue weighted by Crippen LogP contribution is -2.43. The molecular weight excluding hydrogens is 368 g/mol. The maximum absolute atomic E-state index is 10.7. The van der Waals surface area contributed by atoms with Crippen molar-refractivity contribution in [3.63, 3.8) is 0 Å². The van der Waals surface area contributed by atoms with Gasteiger partial charge in [0.15, 0.2) is 0 Å². The summed E-state index contributed by atoms with van der Waals surface area (Å²) >= 11 is 2.03. The molecule has 150 valence electrons. The molecule has 5 rings (SSSR count). The quantitative estimate of drug-likeness (QED) is 0.800. The first-order chi connectivity index (χ1) is 13.7. The number of anilines is 1. The third-order valence-corrected chi connectivity index (χ3v) is 8.17. The molecular formula is C22H30N4OS. The normalized spacial score (nSPS) is 31.2. The average molecular weight is 399 g/mol. The van der Waals surface area contributed by atoms with Crippen molar-refractivity contribution in [3.8, 4) is 0 Å². The largest absolute Gasteiger partial charge is 0.391 e. The van der Waals surface area contributed by atoms with Crippen molar-refractivity contribution in [1.29, 1.82) is 0 Å². The van der Waals surface area contributed by atoms with Gasteiger partial charge in [-0.1, -0.05) is 12.8 Å². The molecule has 1 saturated heterocycles. The first kappa shape index (κ1) is 18.5. The molecule has 0 aromatic carbocycles. The molecule has 3 aliphatic rings. The van der Waals surface area contributed by atoms with Gasteiger partial charge < -0.3 is 10.4 Å². The van der Waals surface area contributed by atoms with E-state index in [4.69, 9.17) is 0 Å². The molecule has 3 fully saturated rings. The Bertz CT molecular complexity index is 776. The number of aliphatic hydroxyl groups is 1. The lowest BCUT2D eigenvalue weighted by atomic mass is 9.77. The van der Waals surface area contributed by atoms with Crippen molar-refractivity contribution in [3.05, 3.63) is 40.5 Å². The first-order valence-corrected chi connectivity index (χ1v) is 11.6. The molecule has 2 N–H and O–H groups in total. The number of hydrogen-bond donors (Lipinski definition) is 2. The zero-order chi connectivity index (χ0) is 18.9. The smallest absolute Gasteiger partial charge is 0.144 e. The van der Waals surface area contributed by atoms with Gasteiger partial charge in [-0.25, -0.2) is 4.98 Å². The second kappa shape index (κ2) is 8.09. The van der Waals surface area contributed by atoms with Crippen LogP contribution in [0.3, 0.4) is 0 Å². The summed E-state index contributed by atoms with van der Waals surface area (Å²) in [5.74, 6) is 2.86. The van der Waals surface area contributed by atoms with E-state index in [1.54, 1.807) is 23.5 Å². The molecule has 0 unspecified atom stereocenters. The van der Waals surface area contributed by atoms with Crippen LogP contribution in [0.15, 0.2) is 30.7 Å². The summed E-state index contributed by atoms with van der Waals surface area (Å²) in [6, 6.07) is 4.81. The molecule has 0 spiro atoms. The molecule has 5 nitrogen and oxygen atoms in total. The number of aliphatic hydroxyl groups excluding tert-OH is 1. The van der Waals surface area contributed by atoms with E-state index in [9.17, 15) is 5.11 Å². The van der Waals surface area contributed by atoms with E-state index in [1.807, 2.05) is 11.3 Å². The molecule has 0 bridgehead atoms. The highest BCUT2D eigenvalue weighted by atomic mass is 32.1. The van der Waals surface area contributed by atoms with Crippen LogP contribution in [-0.2, 0) is 6.54 Å². The van der Waals surface area contributed by atoms with Crippen LogP contribution < -0.4 is 5.32 Å². The van der Waals surface area contributed by atoms with Crippen LogP contribution in [0.1, 0.15) is 54.2 Å². The summed E-state index contributed by atoms with van der Waals surface area (Å²) in [5, 5.41) is 14.1. The predicted octanol–water partition coefficient (Wildman–Crippen LogP) is 3.88. The van der Waals surface area contributed by atoms with Gasteiger partial charge in [-0.15, -0.1) is 11.3 Å². The Hall–Kier alpha value is -1.50. The minimum absolute atomic E-state index is 0.0774. The molecule has 6 heteroatoms. The minimum Gasteiger partial charge on any atom is -0.391 e. The van der Waals surface area contributed by atoms with Crippen molar-refractivity contribution in [2.24, 2.45) is 11.8 Å². The highest BCUT2D eigenvalue weighted by molar-refractivity contribution is 7.12. The Balaban J connectivity index is 1.18.